The lowest BCUT2D eigenvalue weighted by Crippen LogP contribution is -2.46. The lowest BCUT2D eigenvalue weighted by molar-refractivity contribution is -0.130. The molecule has 1 saturated carbocycles. The third-order valence-corrected chi connectivity index (χ3v) is 5.43. The van der Waals surface area contributed by atoms with Crippen LogP contribution in [0.3, 0.4) is 0 Å². The Morgan fingerprint density at radius 3 is 2.44 bits per heavy atom. The van der Waals surface area contributed by atoms with E-state index < -0.39 is 0 Å². The number of hydrogen-bond acceptors (Lipinski definition) is 4. The number of nitriles is 1. The number of likely N-dealkylation sites (tertiary alicyclic amines) is 1. The van der Waals surface area contributed by atoms with Gasteiger partial charge in [0, 0.05) is 24.2 Å². The van der Waals surface area contributed by atoms with Gasteiger partial charge in [-0.15, -0.1) is 0 Å². The molecule has 27 heavy (non-hydrogen) atoms. The molecule has 6 nitrogen and oxygen atoms in total. The second kappa shape index (κ2) is 8.96. The number of amides is 2. The average molecular weight is 372 g/mol. The molecule has 1 saturated heterocycles. The van der Waals surface area contributed by atoms with Crippen molar-refractivity contribution < 1.29 is 14.0 Å². The fourth-order valence-corrected chi connectivity index (χ4v) is 3.84. The van der Waals surface area contributed by atoms with Crippen molar-refractivity contribution in [3.05, 3.63) is 35.6 Å². The van der Waals surface area contributed by atoms with Crippen molar-refractivity contribution in [1.29, 1.82) is 5.26 Å². The van der Waals surface area contributed by atoms with Gasteiger partial charge < -0.3 is 15.5 Å². The number of carbonyl (C=O) groups is 2. The smallest absolute Gasteiger partial charge is 0.251 e. The van der Waals surface area contributed by atoms with Crippen LogP contribution in [0.25, 0.3) is 0 Å². The summed E-state index contributed by atoms with van der Waals surface area (Å²) in [6.07, 6.45) is 5.09. The monoisotopic (exact) mass is 372 g/mol. The van der Waals surface area contributed by atoms with Crippen molar-refractivity contribution in [2.45, 2.75) is 56.7 Å². The molecule has 0 unspecified atom stereocenters. The predicted octanol–water partition coefficient (Wildman–Crippen LogP) is 1.97. The van der Waals surface area contributed by atoms with Gasteiger partial charge in [0.2, 0.25) is 5.91 Å². The largest absolute Gasteiger partial charge is 0.349 e. The summed E-state index contributed by atoms with van der Waals surface area (Å²) < 4.78 is 12.9. The second-order valence-corrected chi connectivity index (χ2v) is 7.28. The van der Waals surface area contributed by atoms with Crippen LogP contribution in [0, 0.1) is 17.1 Å². The number of halogens is 1. The van der Waals surface area contributed by atoms with Gasteiger partial charge >= 0.3 is 0 Å². The lowest BCUT2D eigenvalue weighted by Gasteiger charge is -2.30. The minimum Gasteiger partial charge on any atom is -0.349 e. The van der Waals surface area contributed by atoms with Crippen LogP contribution in [-0.4, -0.2) is 47.9 Å². The highest BCUT2D eigenvalue weighted by Gasteiger charge is 2.29. The predicted molar refractivity (Wildman–Crippen MR) is 98.3 cm³/mol. The van der Waals surface area contributed by atoms with Gasteiger partial charge in [-0.05, 0) is 62.8 Å². The molecule has 0 aromatic heterocycles. The number of rotatable bonds is 5. The van der Waals surface area contributed by atoms with E-state index in [4.69, 9.17) is 5.26 Å². The summed E-state index contributed by atoms with van der Waals surface area (Å²) in [5.41, 5.74) is 0.458. The van der Waals surface area contributed by atoms with Crippen LogP contribution < -0.4 is 10.6 Å². The minimum atomic E-state index is -0.359. The Morgan fingerprint density at radius 2 is 1.78 bits per heavy atom. The number of nitrogens with zero attached hydrogens (tertiary/aromatic N) is 2. The third kappa shape index (κ3) is 5.04. The van der Waals surface area contributed by atoms with Crippen molar-refractivity contribution in [3.63, 3.8) is 0 Å². The van der Waals surface area contributed by atoms with E-state index in [1.54, 1.807) is 4.90 Å². The van der Waals surface area contributed by atoms with E-state index in [2.05, 4.69) is 16.7 Å². The van der Waals surface area contributed by atoms with Gasteiger partial charge in [-0.2, -0.15) is 5.26 Å². The Morgan fingerprint density at radius 1 is 1.11 bits per heavy atom. The zero-order chi connectivity index (χ0) is 19.2. The van der Waals surface area contributed by atoms with E-state index in [0.717, 1.165) is 38.5 Å². The highest BCUT2D eigenvalue weighted by molar-refractivity contribution is 5.94. The summed E-state index contributed by atoms with van der Waals surface area (Å²) in [4.78, 5) is 26.1. The van der Waals surface area contributed by atoms with Crippen LogP contribution in [0.1, 0.15) is 48.9 Å². The lowest BCUT2D eigenvalue weighted by atomic mass is 9.91. The van der Waals surface area contributed by atoms with Gasteiger partial charge in [-0.3, -0.25) is 9.59 Å². The molecule has 2 aliphatic rings. The van der Waals surface area contributed by atoms with Gasteiger partial charge in [0.15, 0.2) is 0 Å². The number of nitrogens with one attached hydrogen (secondary N) is 2. The van der Waals surface area contributed by atoms with Gasteiger partial charge in [0.1, 0.15) is 11.9 Å². The highest BCUT2D eigenvalue weighted by Crippen LogP contribution is 2.20. The first kappa shape index (κ1) is 19.3. The molecule has 2 N–H and O–H groups in total. The molecule has 144 valence electrons. The summed E-state index contributed by atoms with van der Waals surface area (Å²) in [7, 11) is 0. The third-order valence-electron chi connectivity index (χ3n) is 5.43. The number of carbonyl (C=O) groups excluding carboxylic acids is 2. The Balaban J connectivity index is 1.39. The first-order valence-electron chi connectivity index (χ1n) is 9.55. The summed E-state index contributed by atoms with van der Waals surface area (Å²) in [5, 5.41) is 15.4. The normalized spacial score (nSPS) is 25.0. The zero-order valence-electron chi connectivity index (χ0n) is 15.3. The van der Waals surface area contributed by atoms with Gasteiger partial charge in [0.25, 0.3) is 5.91 Å². The average Bonchev–Trinajstić information content (AvgIpc) is 3.16. The molecule has 1 atom stereocenters. The van der Waals surface area contributed by atoms with Crippen molar-refractivity contribution in [1.82, 2.24) is 15.5 Å². The van der Waals surface area contributed by atoms with Crippen molar-refractivity contribution in [2.75, 3.05) is 13.1 Å². The molecule has 1 aromatic rings. The molecule has 1 aromatic carbocycles. The number of benzene rings is 1. The van der Waals surface area contributed by atoms with E-state index in [1.807, 2.05) is 0 Å². The Kier molecular flexibility index (Phi) is 6.40. The molecule has 0 spiro atoms. The van der Waals surface area contributed by atoms with Crippen molar-refractivity contribution in [2.24, 2.45) is 0 Å². The van der Waals surface area contributed by atoms with Crippen LogP contribution in [0.4, 0.5) is 4.39 Å². The van der Waals surface area contributed by atoms with Crippen molar-refractivity contribution >= 4 is 11.8 Å². The number of hydrogen-bond donors (Lipinski definition) is 2. The Labute approximate surface area is 158 Å². The first-order chi connectivity index (χ1) is 13.1. The minimum absolute atomic E-state index is 0.00853. The molecule has 0 bridgehead atoms. The summed E-state index contributed by atoms with van der Waals surface area (Å²) >= 11 is 0. The van der Waals surface area contributed by atoms with E-state index >= 15 is 0 Å². The molecular formula is C20H25FN4O2. The summed E-state index contributed by atoms with van der Waals surface area (Å²) in [6.45, 7) is 0.927. The molecule has 2 amide bonds. The zero-order valence-corrected chi connectivity index (χ0v) is 15.3. The maximum atomic E-state index is 12.9. The van der Waals surface area contributed by atoms with E-state index in [-0.39, 0.29) is 42.3 Å². The van der Waals surface area contributed by atoms with Crippen LogP contribution in [-0.2, 0) is 4.79 Å². The van der Waals surface area contributed by atoms with Gasteiger partial charge in [0.05, 0.1) is 12.6 Å². The maximum Gasteiger partial charge on any atom is 0.251 e. The molecular weight excluding hydrogens is 347 g/mol. The highest BCUT2D eigenvalue weighted by atomic mass is 19.1. The molecule has 2 fully saturated rings. The fourth-order valence-electron chi connectivity index (χ4n) is 3.84. The molecule has 0 radical (unpaired) electrons. The van der Waals surface area contributed by atoms with Crippen LogP contribution in [0.2, 0.25) is 0 Å². The van der Waals surface area contributed by atoms with Gasteiger partial charge in [-0.1, -0.05) is 0 Å². The van der Waals surface area contributed by atoms with Crippen LogP contribution >= 0.6 is 0 Å². The SMILES string of the molecule is N#C[C@@H]1CCCN1C(=O)CNC1CCC(NC(=O)c2ccc(F)cc2)CC1. The Hall–Kier alpha value is -2.46. The van der Waals surface area contributed by atoms with E-state index in [0.29, 0.717) is 12.1 Å². The van der Waals surface area contributed by atoms with Crippen LogP contribution in [0.15, 0.2) is 24.3 Å². The van der Waals surface area contributed by atoms with E-state index in [1.165, 1.54) is 24.3 Å². The second-order valence-electron chi connectivity index (χ2n) is 7.28. The van der Waals surface area contributed by atoms with Crippen LogP contribution in [0.5, 0.6) is 0 Å². The molecule has 1 aliphatic carbocycles. The first-order valence-corrected chi connectivity index (χ1v) is 9.55. The van der Waals surface area contributed by atoms with E-state index in [9.17, 15) is 14.0 Å². The molecule has 1 aliphatic heterocycles. The van der Waals surface area contributed by atoms with Crippen molar-refractivity contribution in [3.8, 4) is 6.07 Å². The summed E-state index contributed by atoms with van der Waals surface area (Å²) in [5.74, 6) is -0.549. The molecule has 7 heteroatoms. The van der Waals surface area contributed by atoms with Gasteiger partial charge in [-0.25, -0.2) is 4.39 Å². The maximum absolute atomic E-state index is 12.9. The standard InChI is InChI=1S/C20H25FN4O2/c21-15-5-3-14(4-6-15)20(27)24-17-9-7-16(8-10-17)23-13-19(26)25-11-1-2-18(25)12-22/h3-6,16-18,23H,1-2,7-11,13H2,(H,24,27)/t16?,17?,18-/m0/s1. The quantitative estimate of drug-likeness (QED) is 0.828. The summed E-state index contributed by atoms with van der Waals surface area (Å²) in [6, 6.07) is 7.78. The Bertz CT molecular complexity index is 708. The topological polar surface area (TPSA) is 85.2 Å². The fraction of sp³-hybridized carbons (Fsp3) is 0.550. The molecule has 1 heterocycles. The molecule has 3 rings (SSSR count).